The number of aryl methyl sites for hydroxylation is 1. The van der Waals surface area contributed by atoms with Crippen molar-refractivity contribution in [1.29, 1.82) is 0 Å². The number of benzene rings is 1. The Balaban J connectivity index is 2.31. The number of hydrogen-bond acceptors (Lipinski definition) is 2. The van der Waals surface area contributed by atoms with Crippen molar-refractivity contribution in [1.82, 2.24) is 5.32 Å². The Kier molecular flexibility index (Phi) is 7.14. The van der Waals surface area contributed by atoms with Gasteiger partial charge in [-0.15, -0.1) is 0 Å². The normalized spacial score (nSPS) is 10.2. The van der Waals surface area contributed by atoms with Crippen LogP contribution >= 0.6 is 15.9 Å². The lowest BCUT2D eigenvalue weighted by atomic mass is 10.2. The predicted octanol–water partition coefficient (Wildman–Crippen LogP) is 3.66. The van der Waals surface area contributed by atoms with Gasteiger partial charge in [0.15, 0.2) is 0 Å². The zero-order chi connectivity index (χ0) is 15.8. The molecule has 3 N–H and O–H groups in total. The highest BCUT2D eigenvalue weighted by Gasteiger charge is 2.08. The van der Waals surface area contributed by atoms with Crippen LogP contribution in [0.3, 0.4) is 0 Å². The van der Waals surface area contributed by atoms with Gasteiger partial charge in [0.1, 0.15) is 5.82 Å². The van der Waals surface area contributed by atoms with Crippen molar-refractivity contribution in [3.8, 4) is 0 Å². The van der Waals surface area contributed by atoms with Crippen LogP contribution in [0.2, 0.25) is 0 Å². The summed E-state index contributed by atoms with van der Waals surface area (Å²) in [7, 11) is 0. The van der Waals surface area contributed by atoms with Crippen LogP contribution in [0.5, 0.6) is 0 Å². The SMILES string of the molecule is Cc1cc(Br)c(F)cc1NC(=O)NCCCCCC(=O)O. The van der Waals surface area contributed by atoms with E-state index in [4.69, 9.17) is 5.11 Å². The molecule has 0 atom stereocenters. The number of hydrogen-bond donors (Lipinski definition) is 3. The lowest BCUT2D eigenvalue weighted by Crippen LogP contribution is -2.29. The molecule has 0 aliphatic rings. The number of carboxylic acids is 1. The van der Waals surface area contributed by atoms with Gasteiger partial charge < -0.3 is 15.7 Å². The standard InChI is InChI=1S/C14H18BrFN2O3/c1-9-7-10(15)11(16)8-12(9)18-14(21)17-6-4-2-3-5-13(19)20/h7-8H,2-6H2,1H3,(H,19,20)(H2,17,18,21). The van der Waals surface area contributed by atoms with E-state index in [1.165, 1.54) is 6.07 Å². The van der Waals surface area contributed by atoms with E-state index in [1.807, 2.05) is 0 Å². The summed E-state index contributed by atoms with van der Waals surface area (Å²) >= 11 is 3.08. The summed E-state index contributed by atoms with van der Waals surface area (Å²) < 4.78 is 13.8. The largest absolute Gasteiger partial charge is 0.481 e. The molecule has 0 heterocycles. The van der Waals surface area contributed by atoms with Crippen molar-refractivity contribution in [2.75, 3.05) is 11.9 Å². The van der Waals surface area contributed by atoms with Crippen molar-refractivity contribution in [2.24, 2.45) is 0 Å². The fourth-order valence-corrected chi connectivity index (χ4v) is 2.19. The number of urea groups is 1. The fraction of sp³-hybridized carbons (Fsp3) is 0.429. The molecule has 1 aromatic rings. The molecular formula is C14H18BrFN2O3. The van der Waals surface area contributed by atoms with E-state index in [2.05, 4.69) is 26.6 Å². The molecule has 7 heteroatoms. The highest BCUT2D eigenvalue weighted by Crippen LogP contribution is 2.23. The fourth-order valence-electron chi connectivity index (χ4n) is 1.73. The zero-order valence-corrected chi connectivity index (χ0v) is 13.3. The van der Waals surface area contributed by atoms with Crippen molar-refractivity contribution in [2.45, 2.75) is 32.6 Å². The number of unbranched alkanes of at least 4 members (excludes halogenated alkanes) is 2. The number of amides is 2. The van der Waals surface area contributed by atoms with Crippen LogP contribution in [0.4, 0.5) is 14.9 Å². The van der Waals surface area contributed by atoms with Gasteiger partial charge in [-0.1, -0.05) is 6.42 Å². The Bertz CT molecular complexity index is 523. The monoisotopic (exact) mass is 360 g/mol. The first kappa shape index (κ1) is 17.4. The molecule has 5 nitrogen and oxygen atoms in total. The molecule has 0 saturated carbocycles. The summed E-state index contributed by atoms with van der Waals surface area (Å²) in [4.78, 5) is 22.0. The molecule has 0 unspecified atom stereocenters. The average molecular weight is 361 g/mol. The highest BCUT2D eigenvalue weighted by molar-refractivity contribution is 9.10. The highest BCUT2D eigenvalue weighted by atomic mass is 79.9. The molecule has 0 aliphatic heterocycles. The zero-order valence-electron chi connectivity index (χ0n) is 11.7. The van der Waals surface area contributed by atoms with Crippen LogP contribution in [-0.4, -0.2) is 23.7 Å². The minimum Gasteiger partial charge on any atom is -0.481 e. The summed E-state index contributed by atoms with van der Waals surface area (Å²) in [5, 5.41) is 13.7. The number of nitrogens with one attached hydrogen (secondary N) is 2. The third-order valence-electron chi connectivity index (χ3n) is 2.87. The molecule has 0 saturated heterocycles. The maximum Gasteiger partial charge on any atom is 0.319 e. The van der Waals surface area contributed by atoms with Gasteiger partial charge in [0, 0.05) is 18.7 Å². The first-order valence-corrected chi connectivity index (χ1v) is 7.41. The van der Waals surface area contributed by atoms with Gasteiger partial charge in [-0.25, -0.2) is 9.18 Å². The Hall–Kier alpha value is -1.63. The van der Waals surface area contributed by atoms with Gasteiger partial charge >= 0.3 is 12.0 Å². The van der Waals surface area contributed by atoms with Crippen molar-refractivity contribution < 1.29 is 19.1 Å². The third-order valence-corrected chi connectivity index (χ3v) is 3.48. The van der Waals surface area contributed by atoms with E-state index < -0.39 is 17.8 Å². The van der Waals surface area contributed by atoms with Crippen molar-refractivity contribution >= 4 is 33.6 Å². The van der Waals surface area contributed by atoms with Gasteiger partial charge in [0.05, 0.1) is 4.47 Å². The molecule has 0 aromatic heterocycles. The van der Waals surface area contributed by atoms with E-state index in [-0.39, 0.29) is 6.42 Å². The molecule has 0 radical (unpaired) electrons. The van der Waals surface area contributed by atoms with Crippen molar-refractivity contribution in [3.63, 3.8) is 0 Å². The maximum absolute atomic E-state index is 13.4. The van der Waals surface area contributed by atoms with Crippen LogP contribution in [0, 0.1) is 12.7 Å². The quantitative estimate of drug-likeness (QED) is 0.649. The van der Waals surface area contributed by atoms with Crippen LogP contribution in [0.15, 0.2) is 16.6 Å². The van der Waals surface area contributed by atoms with E-state index in [9.17, 15) is 14.0 Å². The first-order valence-electron chi connectivity index (χ1n) is 6.62. The van der Waals surface area contributed by atoms with Crippen molar-refractivity contribution in [3.05, 3.63) is 28.0 Å². The van der Waals surface area contributed by atoms with Crippen LogP contribution in [-0.2, 0) is 4.79 Å². The Labute approximate surface area is 131 Å². The summed E-state index contributed by atoms with van der Waals surface area (Å²) in [6, 6.07) is 2.45. The maximum atomic E-state index is 13.4. The number of anilines is 1. The van der Waals surface area contributed by atoms with Crippen LogP contribution in [0.1, 0.15) is 31.2 Å². The van der Waals surface area contributed by atoms with Gasteiger partial charge in [-0.3, -0.25) is 4.79 Å². The molecule has 0 spiro atoms. The van der Waals surface area contributed by atoms with Gasteiger partial charge in [-0.2, -0.15) is 0 Å². The average Bonchev–Trinajstić information content (AvgIpc) is 2.39. The first-order chi connectivity index (χ1) is 9.90. The minimum absolute atomic E-state index is 0.142. The molecule has 1 aromatic carbocycles. The number of aliphatic carboxylic acids is 1. The number of rotatable bonds is 7. The second-order valence-electron chi connectivity index (χ2n) is 4.67. The lowest BCUT2D eigenvalue weighted by molar-refractivity contribution is -0.137. The molecule has 116 valence electrons. The Morgan fingerprint density at radius 2 is 2.00 bits per heavy atom. The summed E-state index contributed by atoms with van der Waals surface area (Å²) in [6.07, 6.45) is 2.17. The van der Waals surface area contributed by atoms with E-state index >= 15 is 0 Å². The molecule has 2 amide bonds. The molecular weight excluding hydrogens is 343 g/mol. The number of halogens is 2. The third kappa shape index (κ3) is 6.57. The van der Waals surface area contributed by atoms with E-state index in [1.54, 1.807) is 13.0 Å². The van der Waals surface area contributed by atoms with E-state index in [0.717, 1.165) is 12.0 Å². The Morgan fingerprint density at radius 3 is 2.67 bits per heavy atom. The second-order valence-corrected chi connectivity index (χ2v) is 5.52. The lowest BCUT2D eigenvalue weighted by Gasteiger charge is -2.10. The number of carbonyl (C=O) groups is 2. The summed E-state index contributed by atoms with van der Waals surface area (Å²) in [5.74, 6) is -1.25. The predicted molar refractivity (Wildman–Crippen MR) is 82.0 cm³/mol. The minimum atomic E-state index is -0.812. The van der Waals surface area contributed by atoms with Crippen LogP contribution < -0.4 is 10.6 Å². The molecule has 0 fully saturated rings. The smallest absolute Gasteiger partial charge is 0.319 e. The Morgan fingerprint density at radius 1 is 1.29 bits per heavy atom. The van der Waals surface area contributed by atoms with Gasteiger partial charge in [-0.05, 0) is 53.4 Å². The molecule has 1 rings (SSSR count). The summed E-state index contributed by atoms with van der Waals surface area (Å²) in [6.45, 7) is 2.22. The molecule has 0 bridgehead atoms. The summed E-state index contributed by atoms with van der Waals surface area (Å²) in [5.41, 5.74) is 1.17. The van der Waals surface area contributed by atoms with Crippen LogP contribution in [0.25, 0.3) is 0 Å². The van der Waals surface area contributed by atoms with Gasteiger partial charge in [0.25, 0.3) is 0 Å². The van der Waals surface area contributed by atoms with Gasteiger partial charge in [0.2, 0.25) is 0 Å². The number of carbonyl (C=O) groups excluding carboxylic acids is 1. The van der Waals surface area contributed by atoms with E-state index in [0.29, 0.717) is 29.5 Å². The molecule has 0 aliphatic carbocycles. The number of carboxylic acid groups (broad SMARTS) is 1. The topological polar surface area (TPSA) is 78.4 Å². The molecule has 21 heavy (non-hydrogen) atoms. The second kappa shape index (κ2) is 8.61.